The molecule has 0 radical (unpaired) electrons. The molecule has 0 unspecified atom stereocenters. The van der Waals surface area contributed by atoms with Gasteiger partial charge in [0.25, 0.3) is 5.91 Å². The minimum Gasteiger partial charge on any atom is -0.272 e. The average Bonchev–Trinajstić information content (AvgIpc) is 3.19. The van der Waals surface area contributed by atoms with Gasteiger partial charge in [-0.25, -0.2) is 15.2 Å². The van der Waals surface area contributed by atoms with E-state index in [0.717, 1.165) is 17.0 Å². The van der Waals surface area contributed by atoms with Gasteiger partial charge in [0.05, 0.1) is 17.7 Å². The van der Waals surface area contributed by atoms with Crippen LogP contribution in [-0.4, -0.2) is 42.8 Å². The lowest BCUT2D eigenvalue weighted by atomic mass is 10.2. The Labute approximate surface area is 148 Å². The molecule has 0 spiro atoms. The Morgan fingerprint density at radius 2 is 2.16 bits per heavy atom. The van der Waals surface area contributed by atoms with Crippen LogP contribution in [0.2, 0.25) is 0 Å². The molecule has 25 heavy (non-hydrogen) atoms. The molecule has 3 aromatic rings. The van der Waals surface area contributed by atoms with Gasteiger partial charge in [-0.05, 0) is 25.5 Å². The first-order chi connectivity index (χ1) is 12.1. The van der Waals surface area contributed by atoms with Crippen LogP contribution in [0.5, 0.6) is 0 Å². The molecule has 0 aliphatic heterocycles. The molecule has 0 aliphatic carbocycles. The molecule has 3 rings (SSSR count). The third-order valence-corrected chi connectivity index (χ3v) is 4.05. The van der Waals surface area contributed by atoms with Crippen molar-refractivity contribution in [2.75, 3.05) is 11.2 Å². The first-order valence-electron chi connectivity index (χ1n) is 7.57. The second-order valence-electron chi connectivity index (χ2n) is 5.27. The van der Waals surface area contributed by atoms with Gasteiger partial charge in [-0.3, -0.25) is 4.79 Å². The standard InChI is InChI=1S/C16H17N7OS/c1-11-8-12(2)23(22-11)14(24)10-25-16-18-15(20-21-16)19-17-9-13-6-4-3-5-7-13/h3-9H,10H2,1-2H3,(H2,18,19,20,21)/b17-9-. The topological polar surface area (TPSA) is 101 Å². The largest absolute Gasteiger partial charge is 0.272 e. The van der Waals surface area contributed by atoms with Gasteiger partial charge in [-0.1, -0.05) is 42.1 Å². The van der Waals surface area contributed by atoms with E-state index in [4.69, 9.17) is 0 Å². The van der Waals surface area contributed by atoms with Crippen LogP contribution in [-0.2, 0) is 0 Å². The molecule has 0 bridgehead atoms. The SMILES string of the molecule is Cc1cc(C)n(C(=O)CSc2n[nH]c(N/N=C\c3ccccc3)n2)n1. The number of aromatic nitrogens is 5. The molecular formula is C16H17N7OS. The summed E-state index contributed by atoms with van der Waals surface area (Å²) in [5.74, 6) is 0.497. The summed E-state index contributed by atoms with van der Waals surface area (Å²) in [6.07, 6.45) is 1.68. The number of nitrogens with one attached hydrogen (secondary N) is 2. The van der Waals surface area contributed by atoms with Crippen molar-refractivity contribution in [3.8, 4) is 0 Å². The number of benzene rings is 1. The normalized spacial score (nSPS) is 11.1. The van der Waals surface area contributed by atoms with E-state index in [1.807, 2.05) is 50.2 Å². The molecule has 128 valence electrons. The number of carbonyl (C=O) groups excluding carboxylic acids is 1. The number of H-pyrrole nitrogens is 1. The third kappa shape index (κ3) is 4.54. The molecule has 2 N–H and O–H groups in total. The third-order valence-electron chi connectivity index (χ3n) is 3.22. The number of hydrazone groups is 1. The van der Waals surface area contributed by atoms with Crippen molar-refractivity contribution in [1.82, 2.24) is 25.0 Å². The van der Waals surface area contributed by atoms with Crippen LogP contribution < -0.4 is 5.43 Å². The van der Waals surface area contributed by atoms with Crippen LogP contribution in [0.1, 0.15) is 21.7 Å². The number of nitrogens with zero attached hydrogens (tertiary/aromatic N) is 5. The van der Waals surface area contributed by atoms with Crippen molar-refractivity contribution in [3.63, 3.8) is 0 Å². The molecule has 0 amide bonds. The highest BCUT2D eigenvalue weighted by Crippen LogP contribution is 2.15. The van der Waals surface area contributed by atoms with Gasteiger partial charge >= 0.3 is 0 Å². The minimum absolute atomic E-state index is 0.114. The van der Waals surface area contributed by atoms with Crippen LogP contribution in [0, 0.1) is 13.8 Å². The Hall–Kier alpha value is -2.94. The van der Waals surface area contributed by atoms with Crippen molar-refractivity contribution >= 4 is 29.8 Å². The van der Waals surface area contributed by atoms with Gasteiger partial charge < -0.3 is 0 Å². The van der Waals surface area contributed by atoms with Crippen molar-refractivity contribution in [2.45, 2.75) is 19.0 Å². The van der Waals surface area contributed by atoms with E-state index >= 15 is 0 Å². The van der Waals surface area contributed by atoms with Gasteiger partial charge in [-0.2, -0.15) is 15.2 Å². The highest BCUT2D eigenvalue weighted by atomic mass is 32.2. The van der Waals surface area contributed by atoms with Crippen LogP contribution in [0.4, 0.5) is 5.95 Å². The van der Waals surface area contributed by atoms with Crippen LogP contribution in [0.15, 0.2) is 46.7 Å². The van der Waals surface area contributed by atoms with Crippen molar-refractivity contribution in [3.05, 3.63) is 53.3 Å². The molecule has 9 heteroatoms. The zero-order valence-electron chi connectivity index (χ0n) is 13.8. The van der Waals surface area contributed by atoms with E-state index < -0.39 is 0 Å². The van der Waals surface area contributed by atoms with Crippen molar-refractivity contribution in [1.29, 1.82) is 0 Å². The van der Waals surface area contributed by atoms with Crippen LogP contribution in [0.3, 0.4) is 0 Å². The van der Waals surface area contributed by atoms with E-state index in [-0.39, 0.29) is 11.7 Å². The number of anilines is 1. The quantitative estimate of drug-likeness (QED) is 0.400. The Morgan fingerprint density at radius 3 is 2.88 bits per heavy atom. The molecule has 2 aromatic heterocycles. The van der Waals surface area contributed by atoms with Gasteiger partial charge in [0.2, 0.25) is 11.1 Å². The number of rotatable bonds is 6. The summed E-state index contributed by atoms with van der Waals surface area (Å²) in [5.41, 5.74) is 5.37. The molecule has 1 aromatic carbocycles. The Balaban J connectivity index is 1.52. The van der Waals surface area contributed by atoms with E-state index in [9.17, 15) is 4.79 Å². The van der Waals surface area contributed by atoms with E-state index in [2.05, 4.69) is 30.8 Å². The summed E-state index contributed by atoms with van der Waals surface area (Å²) in [5, 5.41) is 15.5. The summed E-state index contributed by atoms with van der Waals surface area (Å²) in [7, 11) is 0. The van der Waals surface area contributed by atoms with Crippen molar-refractivity contribution in [2.24, 2.45) is 5.10 Å². The van der Waals surface area contributed by atoms with E-state index in [0.29, 0.717) is 11.1 Å². The monoisotopic (exact) mass is 355 g/mol. The highest BCUT2D eigenvalue weighted by Gasteiger charge is 2.12. The van der Waals surface area contributed by atoms with Crippen LogP contribution >= 0.6 is 11.8 Å². The lowest BCUT2D eigenvalue weighted by Gasteiger charge is -2.00. The second kappa shape index (κ2) is 7.75. The molecule has 0 saturated heterocycles. The summed E-state index contributed by atoms with van der Waals surface area (Å²) in [6, 6.07) is 11.6. The zero-order valence-corrected chi connectivity index (χ0v) is 14.6. The Morgan fingerprint density at radius 1 is 1.36 bits per heavy atom. The number of carbonyl (C=O) groups is 1. The minimum atomic E-state index is -0.114. The second-order valence-corrected chi connectivity index (χ2v) is 6.21. The van der Waals surface area contributed by atoms with Gasteiger partial charge in [-0.15, -0.1) is 5.10 Å². The summed E-state index contributed by atoms with van der Waals surface area (Å²) >= 11 is 1.24. The lowest BCUT2D eigenvalue weighted by molar-refractivity contribution is 0.0924. The van der Waals surface area contributed by atoms with Crippen LogP contribution in [0.25, 0.3) is 0 Å². The van der Waals surface area contributed by atoms with Gasteiger partial charge in [0.15, 0.2) is 0 Å². The number of thioether (sulfide) groups is 1. The molecule has 0 atom stereocenters. The fourth-order valence-corrected chi connectivity index (χ4v) is 2.78. The number of aromatic amines is 1. The maximum absolute atomic E-state index is 12.2. The fraction of sp³-hybridized carbons (Fsp3) is 0.188. The number of hydrogen-bond donors (Lipinski definition) is 2. The first-order valence-corrected chi connectivity index (χ1v) is 8.56. The zero-order chi connectivity index (χ0) is 17.6. The number of hydrogen-bond acceptors (Lipinski definition) is 7. The Kier molecular flexibility index (Phi) is 5.24. The maximum Gasteiger partial charge on any atom is 0.257 e. The molecule has 0 saturated carbocycles. The highest BCUT2D eigenvalue weighted by molar-refractivity contribution is 7.99. The molecule has 2 heterocycles. The van der Waals surface area contributed by atoms with Gasteiger partial charge in [0.1, 0.15) is 0 Å². The van der Waals surface area contributed by atoms with E-state index in [1.54, 1.807) is 6.21 Å². The molecule has 0 aliphatic rings. The fourth-order valence-electron chi connectivity index (χ4n) is 2.14. The first kappa shape index (κ1) is 16.9. The smallest absolute Gasteiger partial charge is 0.257 e. The molecule has 0 fully saturated rings. The lowest BCUT2D eigenvalue weighted by Crippen LogP contribution is -2.16. The molecular weight excluding hydrogens is 338 g/mol. The Bertz CT molecular complexity index is 885. The summed E-state index contributed by atoms with van der Waals surface area (Å²) in [4.78, 5) is 16.4. The number of aryl methyl sites for hydroxylation is 2. The van der Waals surface area contributed by atoms with E-state index in [1.165, 1.54) is 16.4 Å². The maximum atomic E-state index is 12.2. The van der Waals surface area contributed by atoms with Gasteiger partial charge in [0, 0.05) is 5.69 Å². The molecule has 8 nitrogen and oxygen atoms in total. The predicted molar refractivity (Wildman–Crippen MR) is 97.1 cm³/mol. The summed E-state index contributed by atoms with van der Waals surface area (Å²) < 4.78 is 1.40. The summed E-state index contributed by atoms with van der Waals surface area (Å²) in [6.45, 7) is 3.70. The predicted octanol–water partition coefficient (Wildman–Crippen LogP) is 2.50. The average molecular weight is 355 g/mol. The van der Waals surface area contributed by atoms with Crippen molar-refractivity contribution < 1.29 is 4.79 Å².